The zero-order chi connectivity index (χ0) is 10.6. The fourth-order valence-corrected chi connectivity index (χ4v) is 1.18. The SMILES string of the molecule is COc1cc(F)cc(C(O)CCO)c1. The zero-order valence-electron chi connectivity index (χ0n) is 7.90. The number of methoxy groups -OCH3 is 1. The molecule has 0 amide bonds. The van der Waals surface area contributed by atoms with Gasteiger partial charge in [-0.3, -0.25) is 0 Å². The second kappa shape index (κ2) is 4.93. The first-order valence-corrected chi connectivity index (χ1v) is 4.30. The third-order valence-electron chi connectivity index (χ3n) is 1.92. The van der Waals surface area contributed by atoms with Gasteiger partial charge >= 0.3 is 0 Å². The summed E-state index contributed by atoms with van der Waals surface area (Å²) in [5, 5.41) is 18.1. The van der Waals surface area contributed by atoms with Crippen LogP contribution in [0.15, 0.2) is 18.2 Å². The maximum absolute atomic E-state index is 13.0. The number of rotatable bonds is 4. The number of hydrogen-bond acceptors (Lipinski definition) is 3. The molecule has 78 valence electrons. The number of aliphatic hydroxyl groups excluding tert-OH is 2. The van der Waals surface area contributed by atoms with Gasteiger partial charge in [-0.25, -0.2) is 4.39 Å². The third-order valence-corrected chi connectivity index (χ3v) is 1.92. The van der Waals surface area contributed by atoms with Crippen LogP contribution in [-0.2, 0) is 0 Å². The lowest BCUT2D eigenvalue weighted by Crippen LogP contribution is -2.01. The summed E-state index contributed by atoms with van der Waals surface area (Å²) in [5.41, 5.74) is 0.413. The minimum absolute atomic E-state index is 0.139. The van der Waals surface area contributed by atoms with E-state index in [1.807, 2.05) is 0 Å². The Kier molecular flexibility index (Phi) is 3.85. The molecule has 0 heterocycles. The average molecular weight is 200 g/mol. The van der Waals surface area contributed by atoms with Crippen LogP contribution in [0.3, 0.4) is 0 Å². The largest absolute Gasteiger partial charge is 0.497 e. The van der Waals surface area contributed by atoms with Gasteiger partial charge in [0.2, 0.25) is 0 Å². The number of aliphatic hydroxyl groups is 2. The normalized spacial score (nSPS) is 12.6. The fourth-order valence-electron chi connectivity index (χ4n) is 1.18. The molecule has 0 fully saturated rings. The van der Waals surface area contributed by atoms with Crippen molar-refractivity contribution in [2.75, 3.05) is 13.7 Å². The molecular weight excluding hydrogens is 187 g/mol. The Balaban J connectivity index is 2.90. The minimum Gasteiger partial charge on any atom is -0.497 e. The van der Waals surface area contributed by atoms with E-state index in [0.717, 1.165) is 0 Å². The summed E-state index contributed by atoms with van der Waals surface area (Å²) in [4.78, 5) is 0. The molecule has 3 nitrogen and oxygen atoms in total. The monoisotopic (exact) mass is 200 g/mol. The molecule has 0 radical (unpaired) electrons. The van der Waals surface area contributed by atoms with Crippen molar-refractivity contribution in [3.8, 4) is 5.75 Å². The lowest BCUT2D eigenvalue weighted by molar-refractivity contribution is 0.133. The van der Waals surface area contributed by atoms with Crippen LogP contribution in [0.1, 0.15) is 18.1 Å². The molecule has 0 aliphatic rings. The highest BCUT2D eigenvalue weighted by Gasteiger charge is 2.09. The highest BCUT2D eigenvalue weighted by molar-refractivity contribution is 5.30. The molecule has 0 saturated heterocycles. The van der Waals surface area contributed by atoms with Crippen molar-refractivity contribution in [2.24, 2.45) is 0 Å². The zero-order valence-corrected chi connectivity index (χ0v) is 7.90. The van der Waals surface area contributed by atoms with E-state index in [1.165, 1.54) is 19.2 Å². The summed E-state index contributed by atoms with van der Waals surface area (Å²) >= 11 is 0. The third kappa shape index (κ3) is 2.68. The molecule has 0 aliphatic heterocycles. The van der Waals surface area contributed by atoms with Crippen molar-refractivity contribution in [2.45, 2.75) is 12.5 Å². The molecule has 0 aromatic heterocycles. The van der Waals surface area contributed by atoms with E-state index in [2.05, 4.69) is 0 Å². The first kappa shape index (κ1) is 10.9. The molecule has 1 rings (SSSR count). The van der Waals surface area contributed by atoms with Crippen LogP contribution < -0.4 is 4.74 Å². The summed E-state index contributed by atoms with van der Waals surface area (Å²) < 4.78 is 17.8. The summed E-state index contributed by atoms with van der Waals surface area (Å²) in [6.45, 7) is -0.139. The Bertz CT molecular complexity index is 301. The quantitative estimate of drug-likeness (QED) is 0.769. The van der Waals surface area contributed by atoms with Crippen LogP contribution in [0.5, 0.6) is 5.75 Å². The van der Waals surface area contributed by atoms with Gasteiger partial charge in [-0.2, -0.15) is 0 Å². The summed E-state index contributed by atoms with van der Waals surface area (Å²) in [6.07, 6.45) is -0.670. The van der Waals surface area contributed by atoms with Crippen molar-refractivity contribution >= 4 is 0 Å². The van der Waals surface area contributed by atoms with Gasteiger partial charge in [0.1, 0.15) is 11.6 Å². The standard InChI is InChI=1S/C10H13FO3/c1-14-9-5-7(4-8(11)6-9)10(13)2-3-12/h4-6,10,12-13H,2-3H2,1H3. The lowest BCUT2D eigenvalue weighted by Gasteiger charge is -2.10. The van der Waals surface area contributed by atoms with Crippen LogP contribution in [0.25, 0.3) is 0 Å². The molecule has 1 atom stereocenters. The molecule has 0 spiro atoms. The predicted octanol–water partition coefficient (Wildman–Crippen LogP) is 1.25. The Labute approximate surface area is 81.8 Å². The van der Waals surface area contributed by atoms with Crippen LogP contribution in [-0.4, -0.2) is 23.9 Å². The van der Waals surface area contributed by atoms with Crippen LogP contribution in [0.2, 0.25) is 0 Å². The van der Waals surface area contributed by atoms with E-state index < -0.39 is 11.9 Å². The predicted molar refractivity (Wildman–Crippen MR) is 49.6 cm³/mol. The second-order valence-corrected chi connectivity index (χ2v) is 2.95. The summed E-state index contributed by atoms with van der Waals surface area (Å²) in [7, 11) is 1.43. The van der Waals surface area contributed by atoms with Crippen molar-refractivity contribution in [1.82, 2.24) is 0 Å². The van der Waals surface area contributed by atoms with Gasteiger partial charge in [0.15, 0.2) is 0 Å². The molecule has 0 saturated carbocycles. The smallest absolute Gasteiger partial charge is 0.127 e. The Morgan fingerprint density at radius 2 is 2.14 bits per heavy atom. The summed E-state index contributed by atoms with van der Waals surface area (Å²) in [6, 6.07) is 4.00. The fraction of sp³-hybridized carbons (Fsp3) is 0.400. The maximum atomic E-state index is 13.0. The number of hydrogen-bond donors (Lipinski definition) is 2. The molecule has 4 heteroatoms. The molecule has 0 bridgehead atoms. The average Bonchev–Trinajstić information content (AvgIpc) is 2.17. The van der Waals surface area contributed by atoms with Gasteiger partial charge in [0.05, 0.1) is 13.2 Å². The second-order valence-electron chi connectivity index (χ2n) is 2.95. The molecule has 1 aromatic rings. The number of halogens is 1. The first-order chi connectivity index (χ1) is 6.67. The molecular formula is C10H13FO3. The van der Waals surface area contributed by atoms with Crippen molar-refractivity contribution < 1.29 is 19.3 Å². The van der Waals surface area contributed by atoms with Gasteiger partial charge in [-0.1, -0.05) is 0 Å². The Morgan fingerprint density at radius 1 is 1.43 bits per heavy atom. The molecule has 1 unspecified atom stereocenters. The van der Waals surface area contributed by atoms with E-state index >= 15 is 0 Å². The molecule has 0 aliphatic carbocycles. The van der Waals surface area contributed by atoms with E-state index in [9.17, 15) is 9.50 Å². The van der Waals surface area contributed by atoms with Crippen molar-refractivity contribution in [3.05, 3.63) is 29.6 Å². The topological polar surface area (TPSA) is 49.7 Å². The Hall–Kier alpha value is -1.13. The van der Waals surface area contributed by atoms with Gasteiger partial charge in [0, 0.05) is 19.1 Å². The van der Waals surface area contributed by atoms with Gasteiger partial charge in [-0.05, 0) is 17.7 Å². The highest BCUT2D eigenvalue weighted by atomic mass is 19.1. The summed E-state index contributed by atoms with van der Waals surface area (Å²) in [5.74, 6) is -0.103. The van der Waals surface area contributed by atoms with E-state index in [1.54, 1.807) is 6.07 Å². The van der Waals surface area contributed by atoms with Gasteiger partial charge in [-0.15, -0.1) is 0 Å². The van der Waals surface area contributed by atoms with Crippen molar-refractivity contribution in [1.29, 1.82) is 0 Å². The van der Waals surface area contributed by atoms with Crippen molar-refractivity contribution in [3.63, 3.8) is 0 Å². The Morgan fingerprint density at radius 3 is 2.71 bits per heavy atom. The van der Waals surface area contributed by atoms with Gasteiger partial charge < -0.3 is 14.9 Å². The number of benzene rings is 1. The van der Waals surface area contributed by atoms with E-state index in [4.69, 9.17) is 9.84 Å². The first-order valence-electron chi connectivity index (χ1n) is 4.30. The van der Waals surface area contributed by atoms with Crippen LogP contribution in [0, 0.1) is 5.82 Å². The highest BCUT2D eigenvalue weighted by Crippen LogP contribution is 2.22. The maximum Gasteiger partial charge on any atom is 0.127 e. The molecule has 1 aromatic carbocycles. The number of ether oxygens (including phenoxy) is 1. The minimum atomic E-state index is -0.857. The molecule has 2 N–H and O–H groups in total. The molecule has 14 heavy (non-hydrogen) atoms. The van der Waals surface area contributed by atoms with Crippen LogP contribution in [0.4, 0.5) is 4.39 Å². The lowest BCUT2D eigenvalue weighted by atomic mass is 10.1. The van der Waals surface area contributed by atoms with Gasteiger partial charge in [0.25, 0.3) is 0 Å². The van der Waals surface area contributed by atoms with E-state index in [0.29, 0.717) is 11.3 Å². The van der Waals surface area contributed by atoms with Crippen LogP contribution >= 0.6 is 0 Å². The van der Waals surface area contributed by atoms with E-state index in [-0.39, 0.29) is 13.0 Å².